The number of halogens is 4. The number of rotatable bonds is 5. The number of hydrogen-bond donors (Lipinski definition) is 0. The Kier molecular flexibility index (Phi) is 6.37. The Morgan fingerprint density at radius 1 is 1.19 bits per heavy atom. The second-order valence-electron chi connectivity index (χ2n) is 6.90. The molecule has 1 fully saturated rings. The van der Waals surface area contributed by atoms with E-state index in [1.165, 1.54) is 24.3 Å². The molecule has 1 aliphatic carbocycles. The quantitative estimate of drug-likeness (QED) is 0.394. The average Bonchev–Trinajstić information content (AvgIpc) is 2.69. The van der Waals surface area contributed by atoms with Crippen molar-refractivity contribution < 1.29 is 41.4 Å². The Balaban J connectivity index is 1.81. The lowest BCUT2D eigenvalue weighted by Gasteiger charge is -2.28. The average molecular weight is 439 g/mol. The van der Waals surface area contributed by atoms with Crippen LogP contribution in [0.4, 0.5) is 17.6 Å². The summed E-state index contributed by atoms with van der Waals surface area (Å²) >= 11 is 0. The summed E-state index contributed by atoms with van der Waals surface area (Å²) in [4.78, 5) is 39.8. The van der Waals surface area contributed by atoms with Gasteiger partial charge in [0.25, 0.3) is 5.88 Å². The third-order valence-corrected chi connectivity index (χ3v) is 4.77. The summed E-state index contributed by atoms with van der Waals surface area (Å²) in [7, 11) is 0. The van der Waals surface area contributed by atoms with E-state index in [2.05, 4.69) is 4.98 Å². The van der Waals surface area contributed by atoms with Gasteiger partial charge >= 0.3 is 12.1 Å². The SMILES string of the molecule is CCOC(=O)C1C(=O)CC(=O)CC1c1ccc(Oc2ncc(C(F)(F)F)cc2F)cc1. The maximum Gasteiger partial charge on any atom is 0.417 e. The molecule has 2 unspecified atom stereocenters. The van der Waals surface area contributed by atoms with Gasteiger partial charge in [-0.1, -0.05) is 12.1 Å². The summed E-state index contributed by atoms with van der Waals surface area (Å²) in [5.41, 5.74) is -0.753. The lowest BCUT2D eigenvalue weighted by atomic mass is 9.74. The van der Waals surface area contributed by atoms with E-state index >= 15 is 0 Å². The predicted molar refractivity (Wildman–Crippen MR) is 97.8 cm³/mol. The van der Waals surface area contributed by atoms with Crippen molar-refractivity contribution >= 4 is 17.5 Å². The molecule has 0 radical (unpaired) electrons. The molecule has 1 heterocycles. The maximum absolute atomic E-state index is 13.9. The highest BCUT2D eigenvalue weighted by molar-refractivity contribution is 6.11. The second-order valence-corrected chi connectivity index (χ2v) is 6.90. The standard InChI is InChI=1S/C21H17F4NO5/c1-2-30-20(29)18-15(8-13(27)9-17(18)28)11-3-5-14(6-4-11)31-19-16(22)7-12(10-26-19)21(23,24)25/h3-7,10,15,18H,2,8-9H2,1H3. The topological polar surface area (TPSA) is 82.6 Å². The van der Waals surface area contributed by atoms with Crippen LogP contribution < -0.4 is 4.74 Å². The van der Waals surface area contributed by atoms with Gasteiger partial charge in [-0.15, -0.1) is 0 Å². The zero-order chi connectivity index (χ0) is 22.8. The van der Waals surface area contributed by atoms with Crippen LogP contribution in [-0.4, -0.2) is 29.1 Å². The highest BCUT2D eigenvalue weighted by Crippen LogP contribution is 2.37. The number of Topliss-reactive ketones (excluding diaryl/α,β-unsaturated/α-hetero) is 2. The second kappa shape index (κ2) is 8.83. The van der Waals surface area contributed by atoms with E-state index in [0.717, 1.165) is 0 Å². The van der Waals surface area contributed by atoms with Crippen LogP contribution in [0.3, 0.4) is 0 Å². The molecule has 1 aromatic heterocycles. The molecule has 6 nitrogen and oxygen atoms in total. The van der Waals surface area contributed by atoms with Crippen molar-refractivity contribution in [3.63, 3.8) is 0 Å². The van der Waals surface area contributed by atoms with Crippen molar-refractivity contribution in [2.45, 2.75) is 31.9 Å². The largest absolute Gasteiger partial charge is 0.465 e. The number of nitrogens with zero attached hydrogens (tertiary/aromatic N) is 1. The minimum atomic E-state index is -4.74. The highest BCUT2D eigenvalue weighted by atomic mass is 19.4. The van der Waals surface area contributed by atoms with Gasteiger partial charge in [0.1, 0.15) is 17.5 Å². The lowest BCUT2D eigenvalue weighted by Crippen LogP contribution is -2.38. The molecule has 31 heavy (non-hydrogen) atoms. The number of alkyl halides is 3. The van der Waals surface area contributed by atoms with Gasteiger partial charge in [0.15, 0.2) is 11.6 Å². The Morgan fingerprint density at radius 2 is 1.87 bits per heavy atom. The van der Waals surface area contributed by atoms with Crippen LogP contribution in [0.2, 0.25) is 0 Å². The van der Waals surface area contributed by atoms with Gasteiger partial charge in [0, 0.05) is 18.5 Å². The predicted octanol–water partition coefficient (Wildman–Crippen LogP) is 4.23. The first kappa shape index (κ1) is 22.4. The van der Waals surface area contributed by atoms with Gasteiger partial charge in [0.2, 0.25) is 0 Å². The number of esters is 1. The van der Waals surface area contributed by atoms with E-state index in [0.29, 0.717) is 11.8 Å². The van der Waals surface area contributed by atoms with Crippen molar-refractivity contribution in [2.75, 3.05) is 6.61 Å². The summed E-state index contributed by atoms with van der Waals surface area (Å²) in [5, 5.41) is 0. The van der Waals surface area contributed by atoms with E-state index in [1.807, 2.05) is 0 Å². The Bertz CT molecular complexity index is 1000. The zero-order valence-corrected chi connectivity index (χ0v) is 16.2. The van der Waals surface area contributed by atoms with Gasteiger partial charge < -0.3 is 9.47 Å². The number of ketones is 2. The van der Waals surface area contributed by atoms with Crippen LogP contribution >= 0.6 is 0 Å². The molecule has 0 saturated heterocycles. The first-order chi connectivity index (χ1) is 14.6. The first-order valence-corrected chi connectivity index (χ1v) is 9.31. The fourth-order valence-electron chi connectivity index (χ4n) is 3.35. The third-order valence-electron chi connectivity index (χ3n) is 4.77. The maximum atomic E-state index is 13.9. The molecule has 1 saturated carbocycles. The summed E-state index contributed by atoms with van der Waals surface area (Å²) < 4.78 is 61.9. The Labute approximate surface area is 174 Å². The van der Waals surface area contributed by atoms with Crippen molar-refractivity contribution in [2.24, 2.45) is 5.92 Å². The first-order valence-electron chi connectivity index (χ1n) is 9.31. The van der Waals surface area contributed by atoms with Gasteiger partial charge in [0.05, 0.1) is 18.6 Å². The van der Waals surface area contributed by atoms with Gasteiger partial charge in [-0.3, -0.25) is 14.4 Å². The van der Waals surface area contributed by atoms with Crippen LogP contribution in [-0.2, 0) is 25.3 Å². The molecule has 0 amide bonds. The van der Waals surface area contributed by atoms with Crippen molar-refractivity contribution in [1.82, 2.24) is 4.98 Å². The molecule has 0 N–H and O–H groups in total. The van der Waals surface area contributed by atoms with E-state index in [1.54, 1.807) is 6.92 Å². The smallest absolute Gasteiger partial charge is 0.417 e. The van der Waals surface area contributed by atoms with E-state index in [4.69, 9.17) is 9.47 Å². The number of benzene rings is 1. The number of ether oxygens (including phenoxy) is 2. The molecule has 0 spiro atoms. The zero-order valence-electron chi connectivity index (χ0n) is 16.2. The van der Waals surface area contributed by atoms with Crippen molar-refractivity contribution in [1.29, 1.82) is 0 Å². The highest BCUT2D eigenvalue weighted by Gasteiger charge is 2.42. The molecule has 1 aliphatic rings. The minimum absolute atomic E-state index is 0.0233. The number of aromatic nitrogens is 1. The molecule has 3 rings (SSSR count). The van der Waals surface area contributed by atoms with E-state index in [9.17, 15) is 31.9 Å². The lowest BCUT2D eigenvalue weighted by molar-refractivity contribution is -0.154. The summed E-state index contributed by atoms with van der Waals surface area (Å²) in [6.07, 6.45) is -4.64. The summed E-state index contributed by atoms with van der Waals surface area (Å²) in [5.74, 6) is -5.22. The normalized spacial score (nSPS) is 19.3. The number of hydrogen-bond acceptors (Lipinski definition) is 6. The molecule has 10 heteroatoms. The monoisotopic (exact) mass is 439 g/mol. The molecule has 164 valence electrons. The Hall–Kier alpha value is -3.30. The van der Waals surface area contributed by atoms with Gasteiger partial charge in [-0.25, -0.2) is 9.37 Å². The number of carbonyl (C=O) groups is 3. The molecular weight excluding hydrogens is 422 g/mol. The minimum Gasteiger partial charge on any atom is -0.465 e. The van der Waals surface area contributed by atoms with Crippen molar-refractivity contribution in [3.8, 4) is 11.6 Å². The summed E-state index contributed by atoms with van der Waals surface area (Å²) in [6, 6.07) is 6.00. The van der Waals surface area contributed by atoms with Crippen LogP contribution in [0.15, 0.2) is 36.5 Å². The third kappa shape index (κ3) is 5.07. The van der Waals surface area contributed by atoms with Crippen molar-refractivity contribution in [3.05, 3.63) is 53.5 Å². The van der Waals surface area contributed by atoms with Crippen LogP contribution in [0, 0.1) is 11.7 Å². The number of pyridine rings is 1. The molecule has 0 bridgehead atoms. The molecule has 1 aromatic carbocycles. The number of carbonyl (C=O) groups excluding carboxylic acids is 3. The summed E-state index contributed by atoms with van der Waals surface area (Å²) in [6.45, 7) is 1.69. The van der Waals surface area contributed by atoms with Crippen LogP contribution in [0.5, 0.6) is 11.6 Å². The van der Waals surface area contributed by atoms with Crippen LogP contribution in [0.25, 0.3) is 0 Å². The van der Waals surface area contributed by atoms with E-state index in [-0.39, 0.29) is 37.0 Å². The fraction of sp³-hybridized carbons (Fsp3) is 0.333. The molecule has 2 atom stereocenters. The molecule has 0 aliphatic heterocycles. The fourth-order valence-corrected chi connectivity index (χ4v) is 3.35. The van der Waals surface area contributed by atoms with Crippen LogP contribution in [0.1, 0.15) is 36.8 Å². The molecule has 2 aromatic rings. The van der Waals surface area contributed by atoms with Gasteiger partial charge in [-0.2, -0.15) is 13.2 Å². The van der Waals surface area contributed by atoms with E-state index < -0.39 is 47.0 Å². The Morgan fingerprint density at radius 3 is 2.45 bits per heavy atom. The van der Waals surface area contributed by atoms with Gasteiger partial charge in [-0.05, 0) is 30.7 Å². The molecular formula is C21H17F4NO5.